The summed E-state index contributed by atoms with van der Waals surface area (Å²) in [5, 5.41) is 15.7. The Morgan fingerprint density at radius 3 is 2.75 bits per heavy atom. The third kappa shape index (κ3) is 4.18. The molecule has 1 aliphatic heterocycles. The van der Waals surface area contributed by atoms with E-state index in [1.165, 1.54) is 13.2 Å². The quantitative estimate of drug-likeness (QED) is 0.778. The fourth-order valence-corrected chi connectivity index (χ4v) is 3.04. The number of carbonyl (C=O) groups is 2. The molecule has 2 aromatic rings. The van der Waals surface area contributed by atoms with Gasteiger partial charge in [0.2, 0.25) is 5.60 Å². The summed E-state index contributed by atoms with van der Waals surface area (Å²) >= 11 is 0. The Hall–Kier alpha value is -3.66. The number of nitriles is 1. The first-order chi connectivity index (χ1) is 13.6. The largest absolute Gasteiger partial charge is 0.466 e. The molecule has 1 heterocycles. The highest BCUT2D eigenvalue weighted by molar-refractivity contribution is 6.00. The minimum absolute atomic E-state index is 0.128. The van der Waals surface area contributed by atoms with Crippen LogP contribution < -0.4 is 5.32 Å². The van der Waals surface area contributed by atoms with E-state index in [2.05, 4.69) is 10.5 Å². The number of oxime groups is 1. The van der Waals surface area contributed by atoms with Crippen LogP contribution in [0, 0.1) is 11.3 Å². The molecule has 1 atom stereocenters. The monoisotopic (exact) mass is 377 g/mol. The normalized spacial score (nSPS) is 17.8. The maximum absolute atomic E-state index is 12.4. The van der Waals surface area contributed by atoms with Gasteiger partial charge in [-0.3, -0.25) is 4.79 Å². The predicted molar refractivity (Wildman–Crippen MR) is 102 cm³/mol. The number of benzene rings is 2. The molecule has 1 amide bonds. The van der Waals surface area contributed by atoms with Crippen molar-refractivity contribution in [3.8, 4) is 6.07 Å². The van der Waals surface area contributed by atoms with Crippen molar-refractivity contribution in [1.82, 2.24) is 5.32 Å². The van der Waals surface area contributed by atoms with Gasteiger partial charge in [0, 0.05) is 18.4 Å². The molecular weight excluding hydrogens is 358 g/mol. The van der Waals surface area contributed by atoms with Gasteiger partial charge in [-0.1, -0.05) is 41.6 Å². The number of hydrogen-bond acceptors (Lipinski definition) is 6. The van der Waals surface area contributed by atoms with Gasteiger partial charge in [-0.25, -0.2) is 4.79 Å². The average molecular weight is 377 g/mol. The molecule has 0 saturated carbocycles. The van der Waals surface area contributed by atoms with Crippen molar-refractivity contribution < 1.29 is 19.2 Å². The minimum atomic E-state index is -1.24. The molecule has 0 spiro atoms. The van der Waals surface area contributed by atoms with E-state index < -0.39 is 11.6 Å². The van der Waals surface area contributed by atoms with Gasteiger partial charge in [-0.05, 0) is 23.8 Å². The van der Waals surface area contributed by atoms with Crippen molar-refractivity contribution in [2.75, 3.05) is 13.7 Å². The summed E-state index contributed by atoms with van der Waals surface area (Å²) in [7, 11) is 1.31. The SMILES string of the molecule is COC(=O)C1(Cc2ccccc2)CC(CNC(=O)c2cccc(C#N)c2)=NO1. The second-order valence-electron chi connectivity index (χ2n) is 6.45. The van der Waals surface area contributed by atoms with Crippen molar-refractivity contribution in [2.24, 2.45) is 5.16 Å². The highest BCUT2D eigenvalue weighted by atomic mass is 16.7. The molecule has 0 bridgehead atoms. The molecule has 7 nitrogen and oxygen atoms in total. The number of ether oxygens (including phenoxy) is 1. The first kappa shape index (κ1) is 19.1. The van der Waals surface area contributed by atoms with Crippen LogP contribution >= 0.6 is 0 Å². The second kappa shape index (κ2) is 8.35. The Morgan fingerprint density at radius 2 is 2.04 bits per heavy atom. The van der Waals surface area contributed by atoms with Crippen molar-refractivity contribution in [2.45, 2.75) is 18.4 Å². The molecule has 1 aliphatic rings. The van der Waals surface area contributed by atoms with Crippen LogP contribution in [-0.4, -0.2) is 36.8 Å². The van der Waals surface area contributed by atoms with Gasteiger partial charge in [-0.2, -0.15) is 5.26 Å². The second-order valence-corrected chi connectivity index (χ2v) is 6.45. The number of rotatable bonds is 6. The van der Waals surface area contributed by atoms with Crippen LogP contribution in [0.25, 0.3) is 0 Å². The van der Waals surface area contributed by atoms with Crippen molar-refractivity contribution in [3.05, 3.63) is 71.3 Å². The molecule has 0 saturated heterocycles. The number of methoxy groups -OCH3 is 1. The summed E-state index contributed by atoms with van der Waals surface area (Å²) in [6.07, 6.45) is 0.527. The predicted octanol–water partition coefficient (Wildman–Crippen LogP) is 2.22. The molecule has 1 unspecified atom stereocenters. The highest BCUT2D eigenvalue weighted by Gasteiger charge is 2.47. The van der Waals surface area contributed by atoms with Crippen LogP contribution in [0.4, 0.5) is 0 Å². The fourth-order valence-electron chi connectivity index (χ4n) is 3.04. The summed E-state index contributed by atoms with van der Waals surface area (Å²) in [6.45, 7) is 0.128. The lowest BCUT2D eigenvalue weighted by Crippen LogP contribution is -2.43. The minimum Gasteiger partial charge on any atom is -0.466 e. The van der Waals surface area contributed by atoms with Crippen molar-refractivity contribution >= 4 is 17.6 Å². The Balaban J connectivity index is 1.65. The number of nitrogens with zero attached hydrogens (tertiary/aromatic N) is 2. The van der Waals surface area contributed by atoms with Crippen molar-refractivity contribution in [3.63, 3.8) is 0 Å². The number of hydrogen-bond donors (Lipinski definition) is 1. The maximum Gasteiger partial charge on any atom is 0.353 e. The number of carbonyl (C=O) groups excluding carboxylic acids is 2. The Morgan fingerprint density at radius 1 is 1.25 bits per heavy atom. The maximum atomic E-state index is 12.4. The molecule has 28 heavy (non-hydrogen) atoms. The van der Waals surface area contributed by atoms with E-state index in [4.69, 9.17) is 14.8 Å². The summed E-state index contributed by atoms with van der Waals surface area (Å²) in [6, 6.07) is 17.9. The zero-order chi connectivity index (χ0) is 20.0. The first-order valence-electron chi connectivity index (χ1n) is 8.71. The van der Waals surface area contributed by atoms with Gasteiger partial charge in [-0.15, -0.1) is 0 Å². The summed E-state index contributed by atoms with van der Waals surface area (Å²) < 4.78 is 4.92. The van der Waals surface area contributed by atoms with Crippen LogP contribution in [0.2, 0.25) is 0 Å². The third-order valence-corrected chi connectivity index (χ3v) is 4.44. The van der Waals surface area contributed by atoms with Gasteiger partial charge < -0.3 is 14.9 Å². The highest BCUT2D eigenvalue weighted by Crippen LogP contribution is 2.29. The molecule has 3 rings (SSSR count). The summed E-state index contributed by atoms with van der Waals surface area (Å²) in [5.41, 5.74) is 0.994. The van der Waals surface area contributed by atoms with E-state index in [1.54, 1.807) is 18.2 Å². The third-order valence-electron chi connectivity index (χ3n) is 4.44. The van der Waals surface area contributed by atoms with Crippen LogP contribution in [0.5, 0.6) is 0 Å². The average Bonchev–Trinajstić information content (AvgIpc) is 3.16. The lowest BCUT2D eigenvalue weighted by Gasteiger charge is -2.23. The molecule has 0 radical (unpaired) electrons. The Labute approximate surface area is 162 Å². The Kier molecular flexibility index (Phi) is 5.70. The van der Waals surface area contributed by atoms with E-state index in [-0.39, 0.29) is 18.9 Å². The molecule has 142 valence electrons. The molecule has 2 aromatic carbocycles. The van der Waals surface area contributed by atoms with Gasteiger partial charge in [0.15, 0.2) is 0 Å². The zero-order valence-electron chi connectivity index (χ0n) is 15.3. The molecule has 1 N–H and O–H groups in total. The van der Waals surface area contributed by atoms with Gasteiger partial charge >= 0.3 is 5.97 Å². The lowest BCUT2D eigenvalue weighted by molar-refractivity contribution is -0.166. The molecule has 7 heteroatoms. The lowest BCUT2D eigenvalue weighted by atomic mass is 9.89. The van der Waals surface area contributed by atoms with Crippen molar-refractivity contribution in [1.29, 1.82) is 5.26 Å². The van der Waals surface area contributed by atoms with E-state index in [9.17, 15) is 9.59 Å². The van der Waals surface area contributed by atoms with Gasteiger partial charge in [0.1, 0.15) is 0 Å². The zero-order valence-corrected chi connectivity index (χ0v) is 15.3. The molecule has 0 fully saturated rings. The van der Waals surface area contributed by atoms with Gasteiger partial charge in [0.05, 0.1) is 31.0 Å². The number of esters is 1. The van der Waals surface area contributed by atoms with Crippen LogP contribution in [0.3, 0.4) is 0 Å². The van der Waals surface area contributed by atoms with E-state index in [1.807, 2.05) is 36.4 Å². The first-order valence-corrected chi connectivity index (χ1v) is 8.71. The Bertz CT molecular complexity index is 950. The van der Waals surface area contributed by atoms with Crippen LogP contribution in [0.15, 0.2) is 59.8 Å². The standard InChI is InChI=1S/C21H19N3O4/c1-27-20(26)21(11-15-6-3-2-4-7-15)12-18(24-28-21)14-23-19(25)17-9-5-8-16(10-17)13-22/h2-10H,11-12,14H2,1H3,(H,23,25). The van der Waals surface area contributed by atoms with Crippen LogP contribution in [0.1, 0.15) is 27.9 Å². The topological polar surface area (TPSA) is 101 Å². The van der Waals surface area contributed by atoms with E-state index >= 15 is 0 Å². The molecule has 0 aromatic heterocycles. The summed E-state index contributed by atoms with van der Waals surface area (Å²) in [4.78, 5) is 30.2. The fraction of sp³-hybridized carbons (Fsp3) is 0.238. The van der Waals surface area contributed by atoms with Gasteiger partial charge in [0.25, 0.3) is 5.91 Å². The van der Waals surface area contributed by atoms with E-state index in [0.717, 1.165) is 5.56 Å². The smallest absolute Gasteiger partial charge is 0.353 e. The summed E-state index contributed by atoms with van der Waals surface area (Å²) in [5.74, 6) is -0.846. The molecular formula is C21H19N3O4. The number of nitrogens with one attached hydrogen (secondary N) is 1. The molecule has 0 aliphatic carbocycles. The number of amides is 1. The van der Waals surface area contributed by atoms with Crippen LogP contribution in [-0.2, 0) is 20.8 Å². The van der Waals surface area contributed by atoms with E-state index in [0.29, 0.717) is 23.3 Å².